The van der Waals surface area contributed by atoms with Gasteiger partial charge in [-0.1, -0.05) is 18.2 Å². The summed E-state index contributed by atoms with van der Waals surface area (Å²) in [5.41, 5.74) is 2.95. The summed E-state index contributed by atoms with van der Waals surface area (Å²) in [5.74, 6) is 0. The zero-order valence-corrected chi connectivity index (χ0v) is 10.3. The summed E-state index contributed by atoms with van der Waals surface area (Å²) in [5, 5.41) is 5.62. The van der Waals surface area contributed by atoms with E-state index in [0.29, 0.717) is 6.54 Å². The van der Waals surface area contributed by atoms with Crippen molar-refractivity contribution >= 4 is 11.7 Å². The number of aryl methyl sites for hydroxylation is 1. The first-order valence-corrected chi connectivity index (χ1v) is 5.87. The molecular formula is C14H16N2O2. The predicted molar refractivity (Wildman–Crippen MR) is 70.6 cm³/mol. The first-order chi connectivity index (χ1) is 8.75. The molecule has 0 aliphatic heterocycles. The topological polar surface area (TPSA) is 54.3 Å². The summed E-state index contributed by atoms with van der Waals surface area (Å²) in [6, 6.07) is 9.38. The Morgan fingerprint density at radius 3 is 2.83 bits per heavy atom. The fourth-order valence-electron chi connectivity index (χ4n) is 1.63. The predicted octanol–water partition coefficient (Wildman–Crippen LogP) is 2.95. The molecule has 0 saturated heterocycles. The van der Waals surface area contributed by atoms with Gasteiger partial charge in [0.05, 0.1) is 12.5 Å². The van der Waals surface area contributed by atoms with Crippen LogP contribution in [0.2, 0.25) is 0 Å². The van der Waals surface area contributed by atoms with Crippen LogP contribution in [0.3, 0.4) is 0 Å². The minimum absolute atomic E-state index is 0.187. The highest BCUT2D eigenvalue weighted by Gasteiger charge is 2.03. The van der Waals surface area contributed by atoms with E-state index in [-0.39, 0.29) is 6.03 Å². The monoisotopic (exact) mass is 244 g/mol. The molecule has 0 radical (unpaired) electrons. The molecule has 0 bridgehead atoms. The second-order valence-corrected chi connectivity index (χ2v) is 4.08. The second-order valence-electron chi connectivity index (χ2n) is 4.08. The number of hydrogen-bond acceptors (Lipinski definition) is 2. The van der Waals surface area contributed by atoms with Crippen LogP contribution in [0, 0.1) is 6.92 Å². The molecule has 18 heavy (non-hydrogen) atoms. The minimum atomic E-state index is -0.187. The Balaban J connectivity index is 1.77. The van der Waals surface area contributed by atoms with Gasteiger partial charge in [-0.25, -0.2) is 4.79 Å². The van der Waals surface area contributed by atoms with Crippen LogP contribution in [0.4, 0.5) is 10.5 Å². The molecule has 0 spiro atoms. The number of carbonyl (C=O) groups is 1. The summed E-state index contributed by atoms with van der Waals surface area (Å²) >= 11 is 0. The molecule has 1 aromatic carbocycles. The van der Waals surface area contributed by atoms with E-state index in [0.717, 1.165) is 23.2 Å². The number of amides is 2. The van der Waals surface area contributed by atoms with E-state index in [2.05, 4.69) is 10.6 Å². The van der Waals surface area contributed by atoms with Gasteiger partial charge in [-0.2, -0.15) is 0 Å². The van der Waals surface area contributed by atoms with Crippen molar-refractivity contribution in [3.63, 3.8) is 0 Å². The van der Waals surface area contributed by atoms with Crippen molar-refractivity contribution in [2.24, 2.45) is 0 Å². The zero-order valence-electron chi connectivity index (χ0n) is 10.3. The second kappa shape index (κ2) is 5.91. The molecule has 0 aliphatic carbocycles. The molecule has 2 aromatic rings. The summed E-state index contributed by atoms with van der Waals surface area (Å²) in [4.78, 5) is 11.6. The van der Waals surface area contributed by atoms with Crippen LogP contribution in [0.1, 0.15) is 11.1 Å². The summed E-state index contributed by atoms with van der Waals surface area (Å²) in [6.45, 7) is 2.54. The van der Waals surface area contributed by atoms with Gasteiger partial charge < -0.3 is 15.1 Å². The first kappa shape index (κ1) is 12.2. The number of urea groups is 1. The number of para-hydroxylation sites is 1. The summed E-state index contributed by atoms with van der Waals surface area (Å²) < 4.78 is 4.96. The third-order valence-corrected chi connectivity index (χ3v) is 2.67. The van der Waals surface area contributed by atoms with Crippen LogP contribution >= 0.6 is 0 Å². The van der Waals surface area contributed by atoms with Crippen LogP contribution in [-0.2, 0) is 6.42 Å². The maximum atomic E-state index is 11.6. The molecule has 0 fully saturated rings. The van der Waals surface area contributed by atoms with E-state index in [9.17, 15) is 4.79 Å². The standard InChI is InChI=1S/C14H16N2O2/c1-11-4-2-3-5-13(11)16-14(17)15-8-6-12-7-9-18-10-12/h2-5,7,9-10H,6,8H2,1H3,(H2,15,16,17). The van der Waals surface area contributed by atoms with E-state index in [1.54, 1.807) is 12.5 Å². The SMILES string of the molecule is Cc1ccccc1NC(=O)NCCc1ccoc1. The molecule has 0 aliphatic rings. The molecule has 0 atom stereocenters. The third kappa shape index (κ3) is 3.38. The summed E-state index contributed by atoms with van der Waals surface area (Å²) in [6.07, 6.45) is 4.07. The fraction of sp³-hybridized carbons (Fsp3) is 0.214. The molecule has 94 valence electrons. The summed E-state index contributed by atoms with van der Waals surface area (Å²) in [7, 11) is 0. The molecule has 2 amide bonds. The molecule has 1 heterocycles. The minimum Gasteiger partial charge on any atom is -0.472 e. The lowest BCUT2D eigenvalue weighted by atomic mass is 10.2. The Labute approximate surface area is 106 Å². The number of furan rings is 1. The van der Waals surface area contributed by atoms with Gasteiger partial charge in [0.15, 0.2) is 0 Å². The lowest BCUT2D eigenvalue weighted by molar-refractivity contribution is 0.252. The Morgan fingerprint density at radius 2 is 2.11 bits per heavy atom. The number of carbonyl (C=O) groups excluding carboxylic acids is 1. The van der Waals surface area contributed by atoms with E-state index < -0.39 is 0 Å². The highest BCUT2D eigenvalue weighted by Crippen LogP contribution is 2.12. The van der Waals surface area contributed by atoms with Gasteiger partial charge in [0, 0.05) is 12.2 Å². The van der Waals surface area contributed by atoms with Crippen molar-refractivity contribution in [1.82, 2.24) is 5.32 Å². The van der Waals surface area contributed by atoms with Gasteiger partial charge in [0.1, 0.15) is 0 Å². The average Bonchev–Trinajstić information content (AvgIpc) is 2.85. The van der Waals surface area contributed by atoms with Crippen LogP contribution in [0.15, 0.2) is 47.3 Å². The molecule has 2 rings (SSSR count). The van der Waals surface area contributed by atoms with Crippen molar-refractivity contribution in [3.8, 4) is 0 Å². The molecule has 0 saturated carbocycles. The van der Waals surface area contributed by atoms with E-state index in [1.807, 2.05) is 37.3 Å². The van der Waals surface area contributed by atoms with Gasteiger partial charge in [-0.05, 0) is 36.6 Å². The van der Waals surface area contributed by atoms with Gasteiger partial charge in [0.2, 0.25) is 0 Å². The fourth-order valence-corrected chi connectivity index (χ4v) is 1.63. The normalized spacial score (nSPS) is 10.1. The van der Waals surface area contributed by atoms with E-state index in [4.69, 9.17) is 4.42 Å². The third-order valence-electron chi connectivity index (χ3n) is 2.67. The molecule has 2 N–H and O–H groups in total. The van der Waals surface area contributed by atoms with Crippen LogP contribution in [0.5, 0.6) is 0 Å². The number of nitrogens with one attached hydrogen (secondary N) is 2. The maximum absolute atomic E-state index is 11.6. The van der Waals surface area contributed by atoms with E-state index >= 15 is 0 Å². The van der Waals surface area contributed by atoms with Gasteiger partial charge in [-0.15, -0.1) is 0 Å². The van der Waals surface area contributed by atoms with Crippen LogP contribution in [0.25, 0.3) is 0 Å². The lowest BCUT2D eigenvalue weighted by Gasteiger charge is -2.09. The highest BCUT2D eigenvalue weighted by molar-refractivity contribution is 5.89. The zero-order chi connectivity index (χ0) is 12.8. The van der Waals surface area contributed by atoms with Crippen molar-refractivity contribution < 1.29 is 9.21 Å². The van der Waals surface area contributed by atoms with Crippen LogP contribution in [-0.4, -0.2) is 12.6 Å². The van der Waals surface area contributed by atoms with E-state index in [1.165, 1.54) is 0 Å². The van der Waals surface area contributed by atoms with Crippen molar-refractivity contribution in [1.29, 1.82) is 0 Å². The smallest absolute Gasteiger partial charge is 0.319 e. The van der Waals surface area contributed by atoms with Gasteiger partial charge in [-0.3, -0.25) is 0 Å². The van der Waals surface area contributed by atoms with Crippen molar-refractivity contribution in [2.75, 3.05) is 11.9 Å². The maximum Gasteiger partial charge on any atom is 0.319 e. The highest BCUT2D eigenvalue weighted by atomic mass is 16.3. The van der Waals surface area contributed by atoms with Crippen molar-refractivity contribution in [2.45, 2.75) is 13.3 Å². The average molecular weight is 244 g/mol. The Hall–Kier alpha value is -2.23. The quantitative estimate of drug-likeness (QED) is 0.868. The molecule has 1 aromatic heterocycles. The number of rotatable bonds is 4. The van der Waals surface area contributed by atoms with Gasteiger partial charge >= 0.3 is 6.03 Å². The Bertz CT molecular complexity index is 506. The largest absolute Gasteiger partial charge is 0.472 e. The Morgan fingerprint density at radius 1 is 1.28 bits per heavy atom. The molecule has 4 heteroatoms. The number of hydrogen-bond donors (Lipinski definition) is 2. The van der Waals surface area contributed by atoms with Crippen LogP contribution < -0.4 is 10.6 Å². The lowest BCUT2D eigenvalue weighted by Crippen LogP contribution is -2.30. The van der Waals surface area contributed by atoms with Crippen molar-refractivity contribution in [3.05, 3.63) is 54.0 Å². The number of benzene rings is 1. The molecular weight excluding hydrogens is 228 g/mol. The Kier molecular flexibility index (Phi) is 4.02. The number of anilines is 1. The first-order valence-electron chi connectivity index (χ1n) is 5.87. The molecule has 4 nitrogen and oxygen atoms in total. The molecule has 0 unspecified atom stereocenters. The van der Waals surface area contributed by atoms with Gasteiger partial charge in [0.25, 0.3) is 0 Å².